The van der Waals surface area contributed by atoms with Gasteiger partial charge in [0.2, 0.25) is 0 Å². The first-order valence-corrected chi connectivity index (χ1v) is 8.72. The molecular weight excluding hydrogens is 260 g/mol. The highest BCUT2D eigenvalue weighted by Gasteiger charge is 2.38. The molecule has 0 radical (unpaired) electrons. The smallest absolute Gasteiger partial charge is 0.0347 e. The summed E-state index contributed by atoms with van der Waals surface area (Å²) in [6.45, 7) is 14.6. The summed E-state index contributed by atoms with van der Waals surface area (Å²) in [5.41, 5.74) is 6.49. The van der Waals surface area contributed by atoms with Gasteiger partial charge in [0.1, 0.15) is 0 Å². The normalized spacial score (nSPS) is 26.6. The van der Waals surface area contributed by atoms with E-state index in [0.717, 1.165) is 19.6 Å². The summed E-state index contributed by atoms with van der Waals surface area (Å²) in [4.78, 5) is 7.58. The van der Waals surface area contributed by atoms with E-state index in [2.05, 4.69) is 56.5 Å². The second kappa shape index (κ2) is 8.47. The summed E-state index contributed by atoms with van der Waals surface area (Å²) in [5.74, 6) is 0. The van der Waals surface area contributed by atoms with Gasteiger partial charge in [0.15, 0.2) is 0 Å². The molecule has 0 bridgehead atoms. The molecule has 0 amide bonds. The van der Waals surface area contributed by atoms with E-state index in [-0.39, 0.29) is 5.54 Å². The molecule has 2 N–H and O–H groups in total. The highest BCUT2D eigenvalue weighted by atomic mass is 15.3. The third-order valence-corrected chi connectivity index (χ3v) is 5.17. The van der Waals surface area contributed by atoms with Crippen LogP contribution in [0.5, 0.6) is 0 Å². The lowest BCUT2D eigenvalue weighted by molar-refractivity contribution is 0.0359. The molecule has 0 aromatic heterocycles. The van der Waals surface area contributed by atoms with Crippen molar-refractivity contribution in [3.63, 3.8) is 0 Å². The number of nitrogens with two attached hydrogens (primary N) is 1. The van der Waals surface area contributed by atoms with E-state index in [4.69, 9.17) is 5.73 Å². The van der Waals surface area contributed by atoms with Gasteiger partial charge in [-0.2, -0.15) is 0 Å². The van der Waals surface area contributed by atoms with E-state index in [9.17, 15) is 0 Å². The van der Waals surface area contributed by atoms with Gasteiger partial charge >= 0.3 is 0 Å². The van der Waals surface area contributed by atoms with Crippen molar-refractivity contribution in [2.75, 3.05) is 46.8 Å². The number of hydrogen-bond acceptors (Lipinski definition) is 4. The minimum Gasteiger partial charge on any atom is -0.329 e. The summed E-state index contributed by atoms with van der Waals surface area (Å²) >= 11 is 0. The molecule has 1 rings (SSSR count). The fraction of sp³-hybridized carbons (Fsp3) is 1.00. The Labute approximate surface area is 132 Å². The second-order valence-corrected chi connectivity index (χ2v) is 7.31. The Morgan fingerprint density at radius 2 is 1.81 bits per heavy atom. The topological polar surface area (TPSA) is 35.7 Å². The molecule has 4 nitrogen and oxygen atoms in total. The fourth-order valence-corrected chi connectivity index (χ4v) is 4.07. The van der Waals surface area contributed by atoms with Crippen LogP contribution in [0.15, 0.2) is 0 Å². The summed E-state index contributed by atoms with van der Waals surface area (Å²) in [7, 11) is 4.32. The van der Waals surface area contributed by atoms with Crippen LogP contribution in [-0.2, 0) is 0 Å². The number of rotatable bonds is 7. The van der Waals surface area contributed by atoms with E-state index < -0.39 is 0 Å². The lowest BCUT2D eigenvalue weighted by Gasteiger charge is -2.47. The van der Waals surface area contributed by atoms with Gasteiger partial charge in [0.05, 0.1) is 0 Å². The predicted octanol–water partition coefficient (Wildman–Crippen LogP) is 1.85. The van der Waals surface area contributed by atoms with E-state index >= 15 is 0 Å². The van der Waals surface area contributed by atoms with Crippen LogP contribution in [0.1, 0.15) is 47.0 Å². The number of likely N-dealkylation sites (tertiary alicyclic amines) is 1. The molecule has 1 heterocycles. The molecule has 1 saturated heterocycles. The third-order valence-electron chi connectivity index (χ3n) is 5.17. The Bertz CT molecular complexity index is 293. The molecule has 0 spiro atoms. The molecule has 2 atom stereocenters. The average molecular weight is 299 g/mol. The molecule has 126 valence electrons. The van der Waals surface area contributed by atoms with Crippen molar-refractivity contribution in [3.8, 4) is 0 Å². The summed E-state index contributed by atoms with van der Waals surface area (Å²) in [5, 5.41) is 0. The van der Waals surface area contributed by atoms with Crippen LogP contribution in [-0.4, -0.2) is 79.1 Å². The van der Waals surface area contributed by atoms with Crippen molar-refractivity contribution < 1.29 is 0 Å². The number of nitrogens with zero attached hydrogens (tertiary/aromatic N) is 3. The molecule has 0 aromatic rings. The standard InChI is InChI=1S/C17H38N4/c1-7-21(16(4)13-19(5)6)17(14-18)9-8-11-20(12-10-17)15(2)3/h15-16H,7-14,18H2,1-6H3. The first kappa shape index (κ1) is 18.9. The van der Waals surface area contributed by atoms with Crippen molar-refractivity contribution in [1.29, 1.82) is 0 Å². The Morgan fingerprint density at radius 3 is 2.29 bits per heavy atom. The minimum absolute atomic E-state index is 0.188. The van der Waals surface area contributed by atoms with Crippen molar-refractivity contribution >= 4 is 0 Å². The van der Waals surface area contributed by atoms with Gasteiger partial charge in [-0.15, -0.1) is 0 Å². The predicted molar refractivity (Wildman–Crippen MR) is 92.7 cm³/mol. The zero-order valence-corrected chi connectivity index (χ0v) is 15.2. The van der Waals surface area contributed by atoms with Crippen LogP contribution >= 0.6 is 0 Å². The van der Waals surface area contributed by atoms with Gasteiger partial charge in [0.25, 0.3) is 0 Å². The van der Waals surface area contributed by atoms with E-state index in [1.807, 2.05) is 0 Å². The molecule has 1 aliphatic rings. The summed E-state index contributed by atoms with van der Waals surface area (Å²) in [6, 6.07) is 1.20. The van der Waals surface area contributed by atoms with Crippen molar-refractivity contribution in [1.82, 2.24) is 14.7 Å². The maximum Gasteiger partial charge on any atom is 0.0347 e. The van der Waals surface area contributed by atoms with Crippen molar-refractivity contribution in [3.05, 3.63) is 0 Å². The molecule has 4 heteroatoms. The van der Waals surface area contributed by atoms with Crippen LogP contribution in [0.4, 0.5) is 0 Å². The Kier molecular flexibility index (Phi) is 7.62. The number of likely N-dealkylation sites (N-methyl/N-ethyl adjacent to an activating group) is 2. The summed E-state index contributed by atoms with van der Waals surface area (Å²) < 4.78 is 0. The molecular formula is C17H38N4. The van der Waals surface area contributed by atoms with Gasteiger partial charge in [-0.25, -0.2) is 0 Å². The fourth-order valence-electron chi connectivity index (χ4n) is 4.07. The first-order chi connectivity index (χ1) is 9.86. The molecule has 0 aromatic carbocycles. The first-order valence-electron chi connectivity index (χ1n) is 8.72. The summed E-state index contributed by atoms with van der Waals surface area (Å²) in [6.07, 6.45) is 3.70. The van der Waals surface area contributed by atoms with Crippen molar-refractivity contribution in [2.45, 2.75) is 64.6 Å². The highest BCUT2D eigenvalue weighted by Crippen LogP contribution is 2.30. The third kappa shape index (κ3) is 4.92. The molecule has 21 heavy (non-hydrogen) atoms. The zero-order valence-electron chi connectivity index (χ0n) is 15.2. The van der Waals surface area contributed by atoms with Gasteiger partial charge < -0.3 is 15.5 Å². The maximum absolute atomic E-state index is 6.30. The highest BCUT2D eigenvalue weighted by molar-refractivity contribution is 4.97. The Hall–Kier alpha value is -0.160. The van der Waals surface area contributed by atoms with E-state index in [1.165, 1.54) is 32.4 Å². The van der Waals surface area contributed by atoms with Crippen LogP contribution in [0.2, 0.25) is 0 Å². The lowest BCUT2D eigenvalue weighted by Crippen LogP contribution is -2.59. The van der Waals surface area contributed by atoms with Gasteiger partial charge in [-0.1, -0.05) is 6.92 Å². The molecule has 1 aliphatic heterocycles. The van der Waals surface area contributed by atoms with Gasteiger partial charge in [-0.3, -0.25) is 4.90 Å². The van der Waals surface area contributed by atoms with Crippen LogP contribution in [0, 0.1) is 0 Å². The SMILES string of the molecule is CCN(C(C)CN(C)C)C1(CN)CCCN(C(C)C)CC1. The Balaban J connectivity index is 2.85. The minimum atomic E-state index is 0.188. The van der Waals surface area contributed by atoms with Crippen molar-refractivity contribution in [2.24, 2.45) is 5.73 Å². The molecule has 0 aliphatic carbocycles. The average Bonchev–Trinajstić information content (AvgIpc) is 2.62. The molecule has 1 fully saturated rings. The molecule has 2 unspecified atom stereocenters. The second-order valence-electron chi connectivity index (χ2n) is 7.31. The largest absolute Gasteiger partial charge is 0.329 e. The maximum atomic E-state index is 6.30. The van der Waals surface area contributed by atoms with Crippen LogP contribution in [0.3, 0.4) is 0 Å². The Morgan fingerprint density at radius 1 is 1.14 bits per heavy atom. The lowest BCUT2D eigenvalue weighted by atomic mass is 9.87. The monoisotopic (exact) mass is 298 g/mol. The van der Waals surface area contributed by atoms with Crippen LogP contribution < -0.4 is 5.73 Å². The van der Waals surface area contributed by atoms with Gasteiger partial charge in [-0.05, 0) is 67.2 Å². The molecule has 0 saturated carbocycles. The van der Waals surface area contributed by atoms with E-state index in [0.29, 0.717) is 12.1 Å². The quantitative estimate of drug-likeness (QED) is 0.778. The van der Waals surface area contributed by atoms with Crippen LogP contribution in [0.25, 0.3) is 0 Å². The zero-order chi connectivity index (χ0) is 16.0. The number of hydrogen-bond donors (Lipinski definition) is 1. The van der Waals surface area contributed by atoms with E-state index in [1.54, 1.807) is 0 Å². The van der Waals surface area contributed by atoms with Gasteiger partial charge in [0, 0.05) is 37.3 Å².